The van der Waals surface area contributed by atoms with Crippen molar-refractivity contribution in [2.75, 3.05) is 11.9 Å². The molecule has 2 amide bonds. The SMILES string of the molecule is CC(=O)c1cn(CC(=O)N2C[C@H](F)C[C@H]2C(=O)Nc2cccc(-c3ccccc3Cl)c2F)c2ccc(O[n+]3cccnc3)cc12. The zero-order valence-electron chi connectivity index (χ0n) is 24.0. The van der Waals surface area contributed by atoms with Gasteiger partial charge in [0.1, 0.15) is 31.2 Å². The van der Waals surface area contributed by atoms with Crippen molar-refractivity contribution in [2.24, 2.45) is 0 Å². The molecular weight excluding hydrogens is 604 g/mol. The topological polar surface area (TPSA) is 97.4 Å². The van der Waals surface area contributed by atoms with Crippen LogP contribution in [-0.4, -0.2) is 50.8 Å². The fourth-order valence-electron chi connectivity index (χ4n) is 5.51. The number of hydrogen-bond acceptors (Lipinski definition) is 5. The first kappa shape index (κ1) is 29.9. The molecule has 45 heavy (non-hydrogen) atoms. The number of aromatic nitrogens is 3. The predicted octanol–water partition coefficient (Wildman–Crippen LogP) is 5.41. The Morgan fingerprint density at radius 2 is 1.89 bits per heavy atom. The molecule has 0 bridgehead atoms. The summed E-state index contributed by atoms with van der Waals surface area (Å²) >= 11 is 6.25. The molecule has 1 aliphatic heterocycles. The second-order valence-corrected chi connectivity index (χ2v) is 11.1. The number of ketones is 1. The van der Waals surface area contributed by atoms with E-state index in [9.17, 15) is 18.8 Å². The van der Waals surface area contributed by atoms with E-state index in [2.05, 4.69) is 10.3 Å². The molecule has 12 heteroatoms. The second-order valence-electron chi connectivity index (χ2n) is 10.6. The number of nitrogens with zero attached hydrogens (tertiary/aromatic N) is 4. The lowest BCUT2D eigenvalue weighted by Crippen LogP contribution is -2.44. The highest BCUT2D eigenvalue weighted by Gasteiger charge is 2.40. The number of fused-ring (bicyclic) bond motifs is 1. The lowest BCUT2D eigenvalue weighted by Gasteiger charge is -2.24. The van der Waals surface area contributed by atoms with Crippen molar-refractivity contribution in [1.82, 2.24) is 14.5 Å². The van der Waals surface area contributed by atoms with E-state index in [1.54, 1.807) is 83.8 Å². The van der Waals surface area contributed by atoms with Gasteiger partial charge in [0.05, 0.1) is 12.2 Å². The molecule has 1 saturated heterocycles. The molecule has 2 atom stereocenters. The van der Waals surface area contributed by atoms with Gasteiger partial charge in [0.25, 0.3) is 0 Å². The Morgan fingerprint density at radius 3 is 2.64 bits per heavy atom. The Bertz CT molecular complexity index is 1930. The summed E-state index contributed by atoms with van der Waals surface area (Å²) in [4.78, 5) is 50.3. The van der Waals surface area contributed by atoms with Gasteiger partial charge in [-0.05, 0) is 42.0 Å². The molecule has 1 aliphatic rings. The monoisotopic (exact) mass is 630 g/mol. The first-order valence-electron chi connectivity index (χ1n) is 14.1. The summed E-state index contributed by atoms with van der Waals surface area (Å²) in [6.45, 7) is 0.866. The van der Waals surface area contributed by atoms with Gasteiger partial charge in [0.2, 0.25) is 11.8 Å². The summed E-state index contributed by atoms with van der Waals surface area (Å²) < 4.78 is 33.2. The molecule has 228 valence electrons. The fraction of sp³-hybridized carbons (Fsp3) is 0.182. The summed E-state index contributed by atoms with van der Waals surface area (Å²) in [5, 5.41) is 3.44. The second kappa shape index (κ2) is 12.4. The Balaban J connectivity index is 1.23. The maximum atomic E-state index is 15.5. The molecule has 3 heterocycles. The average molecular weight is 631 g/mol. The summed E-state index contributed by atoms with van der Waals surface area (Å²) in [6, 6.07) is 16.8. The van der Waals surface area contributed by atoms with Gasteiger partial charge >= 0.3 is 6.33 Å². The van der Waals surface area contributed by atoms with Crippen LogP contribution in [0.5, 0.6) is 5.75 Å². The number of anilines is 1. The Morgan fingerprint density at radius 1 is 1.09 bits per heavy atom. The number of nitrogens with one attached hydrogen (secondary N) is 1. The predicted molar refractivity (Wildman–Crippen MR) is 163 cm³/mol. The molecule has 1 fully saturated rings. The van der Waals surface area contributed by atoms with E-state index in [4.69, 9.17) is 16.4 Å². The van der Waals surface area contributed by atoms with E-state index in [0.29, 0.717) is 32.8 Å². The molecule has 0 aliphatic carbocycles. The Labute approximate surface area is 261 Å². The van der Waals surface area contributed by atoms with E-state index in [1.165, 1.54) is 24.0 Å². The largest absolute Gasteiger partial charge is 0.337 e. The summed E-state index contributed by atoms with van der Waals surface area (Å²) in [5.74, 6) is -1.73. The molecule has 0 radical (unpaired) electrons. The van der Waals surface area contributed by atoms with Crippen LogP contribution in [0.1, 0.15) is 23.7 Å². The molecule has 3 aromatic carbocycles. The number of Topliss-reactive ketones (excluding diaryl/α,β-unsaturated/α-hetero) is 1. The van der Waals surface area contributed by atoms with Gasteiger partial charge in [-0.25, -0.2) is 8.78 Å². The highest BCUT2D eigenvalue weighted by Crippen LogP contribution is 2.33. The number of likely N-dealkylation sites (tertiary alicyclic amines) is 1. The minimum Gasteiger partial charge on any atom is -0.337 e. The van der Waals surface area contributed by atoms with Crippen LogP contribution in [0.4, 0.5) is 14.5 Å². The van der Waals surface area contributed by atoms with Crippen molar-refractivity contribution >= 4 is 45.8 Å². The maximum Gasteiger partial charge on any atom is 0.325 e. The van der Waals surface area contributed by atoms with E-state index in [0.717, 1.165) is 4.90 Å². The van der Waals surface area contributed by atoms with Gasteiger partial charge in [-0.3, -0.25) is 19.2 Å². The Kier molecular flexibility index (Phi) is 8.27. The van der Waals surface area contributed by atoms with Crippen molar-refractivity contribution < 1.29 is 32.7 Å². The van der Waals surface area contributed by atoms with Crippen LogP contribution in [0.15, 0.2) is 91.6 Å². The zero-order valence-corrected chi connectivity index (χ0v) is 24.7. The van der Waals surface area contributed by atoms with Gasteiger partial charge in [0.15, 0.2) is 17.3 Å². The third-order valence-corrected chi connectivity index (χ3v) is 7.96. The summed E-state index contributed by atoms with van der Waals surface area (Å²) in [7, 11) is 0. The minimum absolute atomic E-state index is 0.114. The van der Waals surface area contributed by atoms with Crippen molar-refractivity contribution in [3.63, 3.8) is 0 Å². The van der Waals surface area contributed by atoms with Crippen molar-refractivity contribution in [3.05, 3.63) is 108 Å². The first-order chi connectivity index (χ1) is 21.7. The molecular formula is C33H27ClF2N5O4+. The number of benzene rings is 3. The van der Waals surface area contributed by atoms with E-state index < -0.39 is 29.8 Å². The number of carbonyl (C=O) groups excluding carboxylic acids is 3. The van der Waals surface area contributed by atoms with Crippen LogP contribution in [-0.2, 0) is 16.1 Å². The lowest BCUT2D eigenvalue weighted by molar-refractivity contribution is -0.877. The quantitative estimate of drug-likeness (QED) is 0.183. The molecule has 0 unspecified atom stereocenters. The third-order valence-electron chi connectivity index (χ3n) is 7.63. The van der Waals surface area contributed by atoms with Gasteiger partial charge in [-0.1, -0.05) is 46.9 Å². The van der Waals surface area contributed by atoms with Gasteiger partial charge in [-0.2, -0.15) is 0 Å². The van der Waals surface area contributed by atoms with Crippen molar-refractivity contribution in [3.8, 4) is 16.9 Å². The third kappa shape index (κ3) is 6.12. The van der Waals surface area contributed by atoms with E-state index in [1.807, 2.05) is 0 Å². The number of hydrogen-bond donors (Lipinski definition) is 1. The van der Waals surface area contributed by atoms with Crippen LogP contribution < -0.4 is 14.9 Å². The summed E-state index contributed by atoms with van der Waals surface area (Å²) in [6.07, 6.45) is 4.62. The number of halogens is 3. The minimum atomic E-state index is -1.44. The Hall–Kier alpha value is -5.16. The number of carbonyl (C=O) groups is 3. The number of rotatable bonds is 8. The molecule has 0 spiro atoms. The molecule has 9 nitrogen and oxygen atoms in total. The standard InChI is InChI=1S/C33H26ClF2N5O4/c1-20(42)26-17-39(29-11-10-22(15-25(26)29)45-40-13-5-12-37-19-40)18-31(43)41-16-21(35)14-30(41)33(44)38-28-9-4-7-24(32(28)36)23-6-2-3-8-27(23)34/h2-13,15,17,19,21,30H,14,16,18H2,1H3/p+1/t21-,30+/m1/s1. The maximum absolute atomic E-state index is 15.5. The zero-order chi connectivity index (χ0) is 31.7. The van der Waals surface area contributed by atoms with Crippen molar-refractivity contribution in [1.29, 1.82) is 0 Å². The number of alkyl halides is 1. The van der Waals surface area contributed by atoms with Crippen LogP contribution in [0.2, 0.25) is 5.02 Å². The van der Waals surface area contributed by atoms with Gasteiger partial charge in [-0.15, -0.1) is 0 Å². The van der Waals surface area contributed by atoms with Crippen LogP contribution in [0.25, 0.3) is 22.0 Å². The van der Waals surface area contributed by atoms with Crippen molar-refractivity contribution in [2.45, 2.75) is 32.1 Å². The average Bonchev–Trinajstić information content (AvgIpc) is 3.59. The van der Waals surface area contributed by atoms with Gasteiger partial charge < -0.3 is 14.8 Å². The highest BCUT2D eigenvalue weighted by atomic mass is 35.5. The fourth-order valence-corrected chi connectivity index (χ4v) is 5.75. The molecule has 6 rings (SSSR count). The van der Waals surface area contributed by atoms with Crippen LogP contribution in [0, 0.1) is 5.82 Å². The first-order valence-corrected chi connectivity index (χ1v) is 14.5. The normalized spacial score (nSPS) is 16.1. The van der Waals surface area contributed by atoms with E-state index >= 15 is 4.39 Å². The summed E-state index contributed by atoms with van der Waals surface area (Å²) in [5.41, 5.74) is 1.47. The van der Waals surface area contributed by atoms with Crippen LogP contribution >= 0.6 is 11.6 Å². The van der Waals surface area contributed by atoms with Gasteiger partial charge in [0, 0.05) is 51.3 Å². The van der Waals surface area contributed by atoms with E-state index in [-0.39, 0.29) is 36.5 Å². The molecule has 0 saturated carbocycles. The number of amides is 2. The smallest absolute Gasteiger partial charge is 0.325 e. The highest BCUT2D eigenvalue weighted by molar-refractivity contribution is 6.33. The lowest BCUT2D eigenvalue weighted by atomic mass is 10.0. The molecule has 2 aromatic heterocycles. The van der Waals surface area contributed by atoms with Crippen LogP contribution in [0.3, 0.4) is 0 Å². The molecule has 5 aromatic rings. The molecule has 1 N–H and O–H groups in total.